The van der Waals surface area contributed by atoms with Gasteiger partial charge in [0.25, 0.3) is 5.69 Å². The van der Waals surface area contributed by atoms with Crippen molar-refractivity contribution in [2.45, 2.75) is 19.5 Å². The molecule has 0 spiro atoms. The summed E-state index contributed by atoms with van der Waals surface area (Å²) in [6, 6.07) is 6.56. The minimum atomic E-state index is -0.403. The Balaban J connectivity index is 0.00000392. The summed E-state index contributed by atoms with van der Waals surface area (Å²) < 4.78 is 10.5. The number of nitro groups is 1. The quantitative estimate of drug-likeness (QED) is 0.172. The van der Waals surface area contributed by atoms with E-state index in [1.165, 1.54) is 12.1 Å². The molecule has 1 aliphatic rings. The van der Waals surface area contributed by atoms with Crippen LogP contribution in [-0.4, -0.2) is 74.9 Å². The first kappa shape index (κ1) is 24.5. The zero-order valence-corrected chi connectivity index (χ0v) is 18.8. The molecule has 10 heteroatoms. The van der Waals surface area contributed by atoms with Gasteiger partial charge in [0.1, 0.15) is 0 Å². The summed E-state index contributed by atoms with van der Waals surface area (Å²) >= 11 is 0. The summed E-state index contributed by atoms with van der Waals surface area (Å²) in [5, 5.41) is 17.4. The molecule has 1 aliphatic heterocycles. The van der Waals surface area contributed by atoms with Crippen LogP contribution in [0.3, 0.4) is 0 Å². The molecule has 28 heavy (non-hydrogen) atoms. The van der Waals surface area contributed by atoms with E-state index in [9.17, 15) is 10.1 Å². The predicted molar refractivity (Wildman–Crippen MR) is 119 cm³/mol. The number of nitro benzene ring substituents is 1. The van der Waals surface area contributed by atoms with E-state index in [0.29, 0.717) is 19.1 Å². The topological polar surface area (TPSA) is 101 Å². The van der Waals surface area contributed by atoms with E-state index < -0.39 is 4.92 Å². The summed E-state index contributed by atoms with van der Waals surface area (Å²) in [5.74, 6) is 0.700. The van der Waals surface area contributed by atoms with E-state index in [1.54, 1.807) is 19.2 Å². The number of halogens is 1. The summed E-state index contributed by atoms with van der Waals surface area (Å²) in [6.07, 6.45) is 0. The van der Waals surface area contributed by atoms with Gasteiger partial charge in [0.2, 0.25) is 0 Å². The van der Waals surface area contributed by atoms with Crippen molar-refractivity contribution in [2.24, 2.45) is 4.99 Å². The van der Waals surface area contributed by atoms with Gasteiger partial charge in [-0.05, 0) is 12.5 Å². The summed E-state index contributed by atoms with van der Waals surface area (Å²) in [4.78, 5) is 17.3. The molecule has 2 rings (SSSR count). The number of rotatable bonds is 9. The highest BCUT2D eigenvalue weighted by Gasteiger charge is 2.11. The molecule has 2 N–H and O–H groups in total. The number of hydrogen-bond acceptors (Lipinski definition) is 6. The summed E-state index contributed by atoms with van der Waals surface area (Å²) in [7, 11) is 1.66. The van der Waals surface area contributed by atoms with Crippen molar-refractivity contribution in [2.75, 3.05) is 53.1 Å². The molecule has 1 aromatic rings. The minimum absolute atomic E-state index is 0. The molecule has 0 radical (unpaired) electrons. The maximum absolute atomic E-state index is 10.7. The lowest BCUT2D eigenvalue weighted by molar-refractivity contribution is -0.384. The Kier molecular flexibility index (Phi) is 12.0. The van der Waals surface area contributed by atoms with Crippen LogP contribution < -0.4 is 10.6 Å². The van der Waals surface area contributed by atoms with E-state index in [1.807, 2.05) is 6.92 Å². The molecular weight excluding hydrogens is 477 g/mol. The lowest BCUT2D eigenvalue weighted by Gasteiger charge is -2.27. The third kappa shape index (κ3) is 9.13. The fraction of sp³-hybridized carbons (Fsp3) is 0.611. The molecule has 0 aliphatic carbocycles. The number of ether oxygens (including phenoxy) is 2. The zero-order valence-electron chi connectivity index (χ0n) is 16.4. The van der Waals surface area contributed by atoms with Gasteiger partial charge >= 0.3 is 0 Å². The highest BCUT2D eigenvalue weighted by Crippen LogP contribution is 2.12. The zero-order chi connectivity index (χ0) is 19.5. The Morgan fingerprint density at radius 1 is 1.36 bits per heavy atom. The van der Waals surface area contributed by atoms with Gasteiger partial charge in [-0.25, -0.2) is 4.99 Å². The fourth-order valence-corrected chi connectivity index (χ4v) is 2.73. The Morgan fingerprint density at radius 3 is 2.64 bits per heavy atom. The van der Waals surface area contributed by atoms with Gasteiger partial charge in [0, 0.05) is 51.5 Å². The molecule has 0 aromatic heterocycles. The SMILES string of the molecule is COCC(C)NC(=NCc1ccc([N+](=O)[O-])cc1)NCCN1CCOCC1.I. The van der Waals surface area contributed by atoms with Crippen molar-refractivity contribution >= 4 is 35.6 Å². The molecular formula is C18H30IN5O4. The van der Waals surface area contributed by atoms with E-state index in [0.717, 1.165) is 45.0 Å². The van der Waals surface area contributed by atoms with Gasteiger partial charge in [0.05, 0.1) is 31.3 Å². The Bertz CT molecular complexity index is 608. The third-order valence-corrected chi connectivity index (χ3v) is 4.19. The highest BCUT2D eigenvalue weighted by atomic mass is 127. The highest BCUT2D eigenvalue weighted by molar-refractivity contribution is 14.0. The van der Waals surface area contributed by atoms with Gasteiger partial charge in [0.15, 0.2) is 5.96 Å². The molecule has 0 amide bonds. The van der Waals surface area contributed by atoms with E-state index >= 15 is 0 Å². The lowest BCUT2D eigenvalue weighted by Crippen LogP contribution is -2.47. The molecule has 0 saturated carbocycles. The lowest BCUT2D eigenvalue weighted by atomic mass is 10.2. The van der Waals surface area contributed by atoms with Gasteiger partial charge in [-0.15, -0.1) is 24.0 Å². The smallest absolute Gasteiger partial charge is 0.269 e. The number of aliphatic imine (C=N–C) groups is 1. The molecule has 9 nitrogen and oxygen atoms in total. The average molecular weight is 507 g/mol. The van der Waals surface area contributed by atoms with Gasteiger partial charge in [-0.1, -0.05) is 12.1 Å². The van der Waals surface area contributed by atoms with Crippen LogP contribution in [0.5, 0.6) is 0 Å². The fourth-order valence-electron chi connectivity index (χ4n) is 2.73. The molecule has 0 bridgehead atoms. The largest absolute Gasteiger partial charge is 0.383 e. The number of nitrogens with zero attached hydrogens (tertiary/aromatic N) is 3. The molecule has 1 saturated heterocycles. The van der Waals surface area contributed by atoms with E-state index in [2.05, 4.69) is 20.5 Å². The third-order valence-electron chi connectivity index (χ3n) is 4.19. The molecule has 1 aromatic carbocycles. The average Bonchev–Trinajstić information content (AvgIpc) is 2.67. The second-order valence-corrected chi connectivity index (χ2v) is 6.47. The number of hydrogen-bond donors (Lipinski definition) is 2. The summed E-state index contributed by atoms with van der Waals surface area (Å²) in [6.45, 7) is 8.18. The Morgan fingerprint density at radius 2 is 2.04 bits per heavy atom. The molecule has 1 atom stereocenters. The molecule has 1 heterocycles. The van der Waals surface area contributed by atoms with Gasteiger partial charge in [-0.3, -0.25) is 15.0 Å². The molecule has 1 unspecified atom stereocenters. The van der Waals surface area contributed by atoms with Crippen molar-refractivity contribution in [3.8, 4) is 0 Å². The maximum Gasteiger partial charge on any atom is 0.269 e. The number of non-ortho nitro benzene ring substituents is 1. The van der Waals surface area contributed by atoms with Gasteiger partial charge < -0.3 is 20.1 Å². The normalized spacial score (nSPS) is 16.1. The van der Waals surface area contributed by atoms with Crippen LogP contribution in [0, 0.1) is 10.1 Å². The first-order valence-corrected chi connectivity index (χ1v) is 9.15. The molecule has 1 fully saturated rings. The Labute approximate surface area is 183 Å². The number of morpholine rings is 1. The van der Waals surface area contributed by atoms with Crippen LogP contribution >= 0.6 is 24.0 Å². The minimum Gasteiger partial charge on any atom is -0.383 e. The Hall–Kier alpha value is -1.50. The van der Waals surface area contributed by atoms with Crippen LogP contribution in [0.2, 0.25) is 0 Å². The summed E-state index contributed by atoms with van der Waals surface area (Å²) in [5.41, 5.74) is 0.993. The number of methoxy groups -OCH3 is 1. The van der Waals surface area contributed by atoms with Crippen molar-refractivity contribution in [3.05, 3.63) is 39.9 Å². The monoisotopic (exact) mass is 507 g/mol. The maximum atomic E-state index is 10.7. The van der Waals surface area contributed by atoms with Crippen LogP contribution in [0.15, 0.2) is 29.3 Å². The van der Waals surface area contributed by atoms with Crippen molar-refractivity contribution in [1.82, 2.24) is 15.5 Å². The second kappa shape index (κ2) is 13.6. The first-order valence-electron chi connectivity index (χ1n) is 9.15. The van der Waals surface area contributed by atoms with E-state index in [4.69, 9.17) is 9.47 Å². The van der Waals surface area contributed by atoms with Crippen LogP contribution in [0.4, 0.5) is 5.69 Å². The van der Waals surface area contributed by atoms with Crippen molar-refractivity contribution < 1.29 is 14.4 Å². The van der Waals surface area contributed by atoms with Gasteiger partial charge in [-0.2, -0.15) is 0 Å². The van der Waals surface area contributed by atoms with E-state index in [-0.39, 0.29) is 35.7 Å². The number of nitrogens with one attached hydrogen (secondary N) is 2. The first-order chi connectivity index (χ1) is 13.1. The molecule has 158 valence electrons. The van der Waals surface area contributed by atoms with Crippen LogP contribution in [0.1, 0.15) is 12.5 Å². The second-order valence-electron chi connectivity index (χ2n) is 6.47. The number of benzene rings is 1. The van der Waals surface area contributed by atoms with Crippen LogP contribution in [-0.2, 0) is 16.0 Å². The van der Waals surface area contributed by atoms with Crippen molar-refractivity contribution in [1.29, 1.82) is 0 Å². The van der Waals surface area contributed by atoms with Crippen molar-refractivity contribution in [3.63, 3.8) is 0 Å². The number of guanidine groups is 1. The van der Waals surface area contributed by atoms with Crippen LogP contribution in [0.25, 0.3) is 0 Å². The standard InChI is InChI=1S/C18H29N5O4.HI/c1-15(14-26-2)21-18(19-7-8-22-9-11-27-12-10-22)20-13-16-3-5-17(6-4-16)23(24)25;/h3-6,15H,7-14H2,1-2H3,(H2,19,20,21);1H. The predicted octanol–water partition coefficient (Wildman–Crippen LogP) is 1.62.